The third kappa shape index (κ3) is 3.76. The molecule has 2 rings (SSSR count). The first-order chi connectivity index (χ1) is 9.06. The maximum Gasteiger partial charge on any atom is 0.358 e. The molecule has 106 valence electrons. The average Bonchev–Trinajstić information content (AvgIpc) is 2.85. The second-order valence-electron chi connectivity index (χ2n) is 5.58. The van der Waals surface area contributed by atoms with Crippen molar-refractivity contribution in [1.29, 1.82) is 0 Å². The fourth-order valence-corrected chi connectivity index (χ4v) is 2.75. The normalized spacial score (nSPS) is 23.7. The van der Waals surface area contributed by atoms with E-state index in [-0.39, 0.29) is 5.69 Å². The summed E-state index contributed by atoms with van der Waals surface area (Å²) in [7, 11) is 2.14. The van der Waals surface area contributed by atoms with Crippen LogP contribution >= 0.6 is 0 Å². The Morgan fingerprint density at radius 1 is 1.58 bits per heavy atom. The molecule has 1 N–H and O–H groups in total. The second-order valence-corrected chi connectivity index (χ2v) is 5.58. The van der Waals surface area contributed by atoms with Gasteiger partial charge in [-0.05, 0) is 25.8 Å². The number of carbonyl (C=O) groups is 1. The zero-order valence-corrected chi connectivity index (χ0v) is 11.6. The van der Waals surface area contributed by atoms with Crippen molar-refractivity contribution in [3.05, 3.63) is 11.9 Å². The van der Waals surface area contributed by atoms with Gasteiger partial charge in [0, 0.05) is 12.6 Å². The first-order valence-electron chi connectivity index (χ1n) is 6.90. The quantitative estimate of drug-likeness (QED) is 0.874. The minimum absolute atomic E-state index is 0.00828. The number of aromatic carboxylic acids is 1. The first-order valence-corrected chi connectivity index (χ1v) is 6.90. The Hall–Kier alpha value is -1.43. The van der Waals surface area contributed by atoms with Gasteiger partial charge in [-0.3, -0.25) is 4.68 Å². The van der Waals surface area contributed by atoms with Gasteiger partial charge in [-0.2, -0.15) is 0 Å². The molecule has 0 saturated heterocycles. The molecule has 0 bridgehead atoms. The van der Waals surface area contributed by atoms with E-state index in [1.165, 1.54) is 31.9 Å². The van der Waals surface area contributed by atoms with Gasteiger partial charge >= 0.3 is 5.97 Å². The molecular weight excluding hydrogens is 244 g/mol. The van der Waals surface area contributed by atoms with Crippen LogP contribution in [0, 0.1) is 5.92 Å². The third-order valence-corrected chi connectivity index (χ3v) is 3.97. The molecule has 1 aliphatic rings. The molecule has 0 radical (unpaired) electrons. The Kier molecular flexibility index (Phi) is 4.52. The molecule has 1 aromatic heterocycles. The summed E-state index contributed by atoms with van der Waals surface area (Å²) in [6, 6.07) is 0.645. The second kappa shape index (κ2) is 6.14. The summed E-state index contributed by atoms with van der Waals surface area (Å²) in [6.45, 7) is 3.87. The van der Waals surface area contributed by atoms with E-state index in [9.17, 15) is 4.79 Å². The number of likely N-dealkylation sites (N-methyl/N-ethyl adjacent to an activating group) is 1. The van der Waals surface area contributed by atoms with Gasteiger partial charge in [0.25, 0.3) is 0 Å². The monoisotopic (exact) mass is 266 g/mol. The molecule has 1 aromatic rings. The minimum atomic E-state index is -1.03. The van der Waals surface area contributed by atoms with Crippen LogP contribution in [0.25, 0.3) is 0 Å². The molecule has 19 heavy (non-hydrogen) atoms. The topological polar surface area (TPSA) is 71.2 Å². The Morgan fingerprint density at radius 3 is 3.00 bits per heavy atom. The highest BCUT2D eigenvalue weighted by Crippen LogP contribution is 2.26. The summed E-state index contributed by atoms with van der Waals surface area (Å²) < 4.78 is 1.60. The third-order valence-electron chi connectivity index (χ3n) is 3.97. The molecule has 1 aliphatic carbocycles. The van der Waals surface area contributed by atoms with Crippen LogP contribution in [-0.4, -0.2) is 50.6 Å². The van der Waals surface area contributed by atoms with Gasteiger partial charge in [0.05, 0.1) is 12.7 Å². The van der Waals surface area contributed by atoms with Crippen LogP contribution in [0.15, 0.2) is 6.20 Å². The van der Waals surface area contributed by atoms with Crippen molar-refractivity contribution in [1.82, 2.24) is 19.9 Å². The van der Waals surface area contributed by atoms with E-state index < -0.39 is 5.97 Å². The van der Waals surface area contributed by atoms with Crippen molar-refractivity contribution in [2.75, 3.05) is 13.6 Å². The molecule has 1 heterocycles. The molecule has 6 heteroatoms. The largest absolute Gasteiger partial charge is 0.476 e. The lowest BCUT2D eigenvalue weighted by Gasteiger charge is -2.34. The van der Waals surface area contributed by atoms with E-state index in [4.69, 9.17) is 5.11 Å². The van der Waals surface area contributed by atoms with Crippen molar-refractivity contribution in [3.63, 3.8) is 0 Å². The number of rotatable bonds is 5. The summed E-state index contributed by atoms with van der Waals surface area (Å²) >= 11 is 0. The van der Waals surface area contributed by atoms with E-state index in [0.717, 1.165) is 12.5 Å². The van der Waals surface area contributed by atoms with Gasteiger partial charge < -0.3 is 10.0 Å². The fourth-order valence-electron chi connectivity index (χ4n) is 2.75. The molecule has 2 unspecified atom stereocenters. The highest BCUT2D eigenvalue weighted by atomic mass is 16.4. The standard InChI is InChI=1S/C13H22N4O2/c1-10-4-3-5-11(8-10)16(2)6-7-17-9-12(13(18)19)14-15-17/h9-11H,3-8H2,1-2H3,(H,18,19). The summed E-state index contributed by atoms with van der Waals surface area (Å²) in [5, 5.41) is 16.2. The molecular formula is C13H22N4O2. The maximum atomic E-state index is 10.7. The summed E-state index contributed by atoms with van der Waals surface area (Å²) in [5.74, 6) is -0.216. The minimum Gasteiger partial charge on any atom is -0.476 e. The summed E-state index contributed by atoms with van der Waals surface area (Å²) in [6.07, 6.45) is 6.66. The van der Waals surface area contributed by atoms with Crippen molar-refractivity contribution >= 4 is 5.97 Å². The van der Waals surface area contributed by atoms with E-state index in [1.54, 1.807) is 4.68 Å². The molecule has 1 saturated carbocycles. The first kappa shape index (κ1) is 14.0. The Labute approximate surface area is 113 Å². The Balaban J connectivity index is 1.82. The lowest BCUT2D eigenvalue weighted by Crippen LogP contribution is -2.37. The van der Waals surface area contributed by atoms with Crippen LogP contribution in [0.5, 0.6) is 0 Å². The molecule has 0 spiro atoms. The van der Waals surface area contributed by atoms with Gasteiger partial charge in [0.15, 0.2) is 5.69 Å². The SMILES string of the molecule is CC1CCCC(N(C)CCn2cc(C(=O)O)nn2)C1. The molecule has 2 atom stereocenters. The predicted octanol–water partition coefficient (Wildman–Crippen LogP) is 1.49. The van der Waals surface area contributed by atoms with Crippen molar-refractivity contribution in [3.8, 4) is 0 Å². The molecule has 6 nitrogen and oxygen atoms in total. The van der Waals surface area contributed by atoms with Gasteiger partial charge in [-0.1, -0.05) is 25.0 Å². The van der Waals surface area contributed by atoms with Gasteiger partial charge in [0.1, 0.15) is 0 Å². The Bertz CT molecular complexity index is 432. The van der Waals surface area contributed by atoms with E-state index in [2.05, 4.69) is 29.2 Å². The maximum absolute atomic E-state index is 10.7. The number of hydrogen-bond donors (Lipinski definition) is 1. The molecule has 0 aliphatic heterocycles. The summed E-state index contributed by atoms with van der Waals surface area (Å²) in [4.78, 5) is 13.1. The number of carboxylic acids is 1. The van der Waals surface area contributed by atoms with Crippen LogP contribution in [0.2, 0.25) is 0 Å². The lowest BCUT2D eigenvalue weighted by molar-refractivity contribution is 0.0690. The molecule has 0 aromatic carbocycles. The molecule has 1 fully saturated rings. The van der Waals surface area contributed by atoms with E-state index in [0.29, 0.717) is 12.6 Å². The zero-order valence-electron chi connectivity index (χ0n) is 11.6. The van der Waals surface area contributed by atoms with E-state index >= 15 is 0 Å². The van der Waals surface area contributed by atoms with Gasteiger partial charge in [-0.15, -0.1) is 5.10 Å². The van der Waals surface area contributed by atoms with Gasteiger partial charge in [0.2, 0.25) is 0 Å². The highest BCUT2D eigenvalue weighted by Gasteiger charge is 2.22. The van der Waals surface area contributed by atoms with Crippen LogP contribution in [0.3, 0.4) is 0 Å². The smallest absolute Gasteiger partial charge is 0.358 e. The predicted molar refractivity (Wildman–Crippen MR) is 71.0 cm³/mol. The number of carboxylic acid groups (broad SMARTS) is 1. The summed E-state index contributed by atoms with van der Waals surface area (Å²) in [5.41, 5.74) is 0.00828. The number of aromatic nitrogens is 3. The van der Waals surface area contributed by atoms with Crippen LogP contribution in [-0.2, 0) is 6.54 Å². The average molecular weight is 266 g/mol. The van der Waals surface area contributed by atoms with Crippen LogP contribution < -0.4 is 0 Å². The highest BCUT2D eigenvalue weighted by molar-refractivity contribution is 5.84. The van der Waals surface area contributed by atoms with Crippen molar-refractivity contribution in [2.24, 2.45) is 5.92 Å². The van der Waals surface area contributed by atoms with Crippen molar-refractivity contribution < 1.29 is 9.90 Å². The van der Waals surface area contributed by atoms with Crippen LogP contribution in [0.1, 0.15) is 43.1 Å². The fraction of sp³-hybridized carbons (Fsp3) is 0.769. The van der Waals surface area contributed by atoms with Crippen molar-refractivity contribution in [2.45, 2.75) is 45.2 Å². The molecule has 0 amide bonds. The van der Waals surface area contributed by atoms with Crippen LogP contribution in [0.4, 0.5) is 0 Å². The lowest BCUT2D eigenvalue weighted by atomic mass is 9.86. The zero-order chi connectivity index (χ0) is 13.8. The number of hydrogen-bond acceptors (Lipinski definition) is 4. The number of nitrogens with zero attached hydrogens (tertiary/aromatic N) is 4. The Morgan fingerprint density at radius 2 is 2.37 bits per heavy atom. The van der Waals surface area contributed by atoms with Gasteiger partial charge in [-0.25, -0.2) is 4.79 Å². The van der Waals surface area contributed by atoms with E-state index in [1.807, 2.05) is 0 Å².